The van der Waals surface area contributed by atoms with E-state index in [1.165, 1.54) is 6.92 Å². The summed E-state index contributed by atoms with van der Waals surface area (Å²) in [5.41, 5.74) is 0.776. The van der Waals surface area contributed by atoms with E-state index in [1.54, 1.807) is 32.9 Å². The SMILES string of the molecule is Cc1ccc(NC(=O)CNC(=O)C(C)NC(=O)OC(C)(C)C)c(Cl)c1. The Kier molecular flexibility index (Phi) is 7.23. The Balaban J connectivity index is 2.44. The van der Waals surface area contributed by atoms with Crippen LogP contribution in [0.15, 0.2) is 18.2 Å². The molecule has 3 amide bonds. The second kappa shape index (κ2) is 8.71. The summed E-state index contributed by atoms with van der Waals surface area (Å²) in [6.07, 6.45) is -0.703. The van der Waals surface area contributed by atoms with Gasteiger partial charge in [-0.2, -0.15) is 0 Å². The van der Waals surface area contributed by atoms with E-state index in [0.717, 1.165) is 5.56 Å². The molecule has 0 saturated heterocycles. The van der Waals surface area contributed by atoms with Crippen LogP contribution in [0.4, 0.5) is 10.5 Å². The van der Waals surface area contributed by atoms with Gasteiger partial charge in [0.1, 0.15) is 11.6 Å². The molecule has 1 aromatic rings. The third-order valence-electron chi connectivity index (χ3n) is 2.95. The number of hydrogen-bond donors (Lipinski definition) is 3. The number of rotatable bonds is 5. The first kappa shape index (κ1) is 20.8. The van der Waals surface area contributed by atoms with E-state index >= 15 is 0 Å². The molecule has 1 aromatic carbocycles. The van der Waals surface area contributed by atoms with E-state index in [9.17, 15) is 14.4 Å². The molecule has 0 heterocycles. The van der Waals surface area contributed by atoms with Crippen molar-refractivity contribution in [2.24, 2.45) is 0 Å². The predicted molar refractivity (Wildman–Crippen MR) is 96.7 cm³/mol. The molecule has 0 aromatic heterocycles. The smallest absolute Gasteiger partial charge is 0.408 e. The van der Waals surface area contributed by atoms with Gasteiger partial charge in [0.25, 0.3) is 0 Å². The van der Waals surface area contributed by atoms with Gasteiger partial charge in [-0.3, -0.25) is 9.59 Å². The number of anilines is 1. The fraction of sp³-hybridized carbons (Fsp3) is 0.471. The Morgan fingerprint density at radius 2 is 1.88 bits per heavy atom. The van der Waals surface area contributed by atoms with Crippen LogP contribution in [-0.2, 0) is 14.3 Å². The normalized spacial score (nSPS) is 12.1. The summed E-state index contributed by atoms with van der Waals surface area (Å²) in [5.74, 6) is -0.931. The van der Waals surface area contributed by atoms with Crippen molar-refractivity contribution >= 4 is 35.2 Å². The number of carbonyl (C=O) groups is 3. The molecular weight excluding hydrogens is 346 g/mol. The molecule has 0 bridgehead atoms. The van der Waals surface area contributed by atoms with Gasteiger partial charge < -0.3 is 20.7 Å². The average Bonchev–Trinajstić information content (AvgIpc) is 2.45. The van der Waals surface area contributed by atoms with Crippen LogP contribution in [0.1, 0.15) is 33.3 Å². The highest BCUT2D eigenvalue weighted by Gasteiger charge is 2.21. The van der Waals surface area contributed by atoms with Gasteiger partial charge >= 0.3 is 6.09 Å². The maximum atomic E-state index is 11.9. The van der Waals surface area contributed by atoms with Gasteiger partial charge in [0.05, 0.1) is 17.3 Å². The summed E-state index contributed by atoms with van der Waals surface area (Å²) < 4.78 is 5.06. The van der Waals surface area contributed by atoms with E-state index in [4.69, 9.17) is 16.3 Å². The van der Waals surface area contributed by atoms with Gasteiger partial charge in [0.2, 0.25) is 11.8 Å². The van der Waals surface area contributed by atoms with Gasteiger partial charge in [-0.25, -0.2) is 4.79 Å². The lowest BCUT2D eigenvalue weighted by Gasteiger charge is -2.21. The number of ether oxygens (including phenoxy) is 1. The van der Waals surface area contributed by atoms with E-state index in [1.807, 2.05) is 13.0 Å². The van der Waals surface area contributed by atoms with Crippen molar-refractivity contribution in [1.29, 1.82) is 0 Å². The van der Waals surface area contributed by atoms with Gasteiger partial charge in [-0.15, -0.1) is 0 Å². The molecule has 0 aliphatic carbocycles. The molecule has 0 spiro atoms. The molecule has 138 valence electrons. The highest BCUT2D eigenvalue weighted by atomic mass is 35.5. The maximum Gasteiger partial charge on any atom is 0.408 e. The van der Waals surface area contributed by atoms with Crippen LogP contribution >= 0.6 is 11.6 Å². The monoisotopic (exact) mass is 369 g/mol. The molecular formula is C17H24ClN3O4. The van der Waals surface area contributed by atoms with Crippen molar-refractivity contribution in [1.82, 2.24) is 10.6 Å². The fourth-order valence-electron chi connectivity index (χ4n) is 1.79. The Morgan fingerprint density at radius 3 is 2.44 bits per heavy atom. The van der Waals surface area contributed by atoms with Gasteiger partial charge in [0, 0.05) is 0 Å². The number of benzene rings is 1. The van der Waals surface area contributed by atoms with Crippen LogP contribution < -0.4 is 16.0 Å². The summed E-state index contributed by atoms with van der Waals surface area (Å²) in [6.45, 7) is 8.29. The van der Waals surface area contributed by atoms with Crippen molar-refractivity contribution in [3.8, 4) is 0 Å². The Morgan fingerprint density at radius 1 is 1.24 bits per heavy atom. The quantitative estimate of drug-likeness (QED) is 0.743. The number of carbonyl (C=O) groups excluding carboxylic acids is 3. The molecule has 8 heteroatoms. The minimum absolute atomic E-state index is 0.247. The van der Waals surface area contributed by atoms with Gasteiger partial charge in [-0.05, 0) is 52.3 Å². The highest BCUT2D eigenvalue weighted by molar-refractivity contribution is 6.33. The Bertz CT molecular complexity index is 656. The zero-order chi connectivity index (χ0) is 19.2. The average molecular weight is 370 g/mol. The van der Waals surface area contributed by atoms with E-state index < -0.39 is 29.6 Å². The first-order chi connectivity index (χ1) is 11.5. The molecule has 0 saturated carbocycles. The third-order valence-corrected chi connectivity index (χ3v) is 3.26. The number of aryl methyl sites for hydroxylation is 1. The summed E-state index contributed by atoms with van der Waals surface area (Å²) in [5, 5.41) is 7.86. The van der Waals surface area contributed by atoms with Crippen molar-refractivity contribution in [2.75, 3.05) is 11.9 Å². The van der Waals surface area contributed by atoms with Crippen molar-refractivity contribution in [3.63, 3.8) is 0 Å². The number of nitrogens with one attached hydrogen (secondary N) is 3. The molecule has 0 fully saturated rings. The minimum Gasteiger partial charge on any atom is -0.444 e. The topological polar surface area (TPSA) is 96.5 Å². The van der Waals surface area contributed by atoms with Crippen LogP contribution in [0.2, 0.25) is 5.02 Å². The maximum absolute atomic E-state index is 11.9. The van der Waals surface area contributed by atoms with Gasteiger partial charge in [0.15, 0.2) is 0 Å². The van der Waals surface area contributed by atoms with E-state index in [-0.39, 0.29) is 6.54 Å². The number of alkyl carbamates (subject to hydrolysis) is 1. The fourth-order valence-corrected chi connectivity index (χ4v) is 2.07. The summed E-state index contributed by atoms with van der Waals surface area (Å²) in [4.78, 5) is 35.4. The molecule has 7 nitrogen and oxygen atoms in total. The first-order valence-electron chi connectivity index (χ1n) is 7.81. The lowest BCUT2D eigenvalue weighted by Crippen LogP contribution is -2.47. The van der Waals surface area contributed by atoms with Crippen LogP contribution in [0.25, 0.3) is 0 Å². The predicted octanol–water partition coefficient (Wildman–Crippen LogP) is 2.62. The van der Waals surface area contributed by atoms with Gasteiger partial charge in [-0.1, -0.05) is 17.7 Å². The standard InChI is InChI=1S/C17H24ClN3O4/c1-10-6-7-13(12(18)8-10)21-14(22)9-19-15(23)11(2)20-16(24)25-17(3,4)5/h6-8,11H,9H2,1-5H3,(H,19,23)(H,20,24)(H,21,22). The molecule has 1 atom stereocenters. The molecule has 25 heavy (non-hydrogen) atoms. The number of hydrogen-bond acceptors (Lipinski definition) is 4. The largest absolute Gasteiger partial charge is 0.444 e. The molecule has 0 radical (unpaired) electrons. The molecule has 0 aliphatic rings. The second-order valence-corrected chi connectivity index (χ2v) is 7.02. The van der Waals surface area contributed by atoms with Crippen molar-refractivity contribution in [2.45, 2.75) is 46.3 Å². The highest BCUT2D eigenvalue weighted by Crippen LogP contribution is 2.22. The summed E-state index contributed by atoms with van der Waals surface area (Å²) in [7, 11) is 0. The van der Waals surface area contributed by atoms with E-state index in [2.05, 4.69) is 16.0 Å². The molecule has 1 rings (SSSR count). The number of halogens is 1. The van der Waals surface area contributed by atoms with Crippen LogP contribution in [0.3, 0.4) is 0 Å². The van der Waals surface area contributed by atoms with E-state index in [0.29, 0.717) is 10.7 Å². The second-order valence-electron chi connectivity index (χ2n) is 6.62. The van der Waals surface area contributed by atoms with Crippen LogP contribution in [0, 0.1) is 6.92 Å². The summed E-state index contributed by atoms with van der Waals surface area (Å²) >= 11 is 6.03. The zero-order valence-corrected chi connectivity index (χ0v) is 15.8. The summed E-state index contributed by atoms with van der Waals surface area (Å²) in [6, 6.07) is 4.38. The molecule has 0 aliphatic heterocycles. The first-order valence-corrected chi connectivity index (χ1v) is 8.19. The molecule has 3 N–H and O–H groups in total. The number of amides is 3. The lowest BCUT2D eigenvalue weighted by atomic mass is 10.2. The molecule has 1 unspecified atom stereocenters. The van der Waals surface area contributed by atoms with Crippen LogP contribution in [-0.4, -0.2) is 36.1 Å². The van der Waals surface area contributed by atoms with Crippen LogP contribution in [0.5, 0.6) is 0 Å². The van der Waals surface area contributed by atoms with Crippen molar-refractivity contribution < 1.29 is 19.1 Å². The van der Waals surface area contributed by atoms with Crippen molar-refractivity contribution in [3.05, 3.63) is 28.8 Å². The zero-order valence-electron chi connectivity index (χ0n) is 15.0. The third kappa shape index (κ3) is 7.89. The minimum atomic E-state index is -0.842. The lowest BCUT2D eigenvalue weighted by molar-refractivity contribution is -0.125. The Labute approximate surface area is 152 Å². The Hall–Kier alpha value is -2.28.